The molecule has 0 heterocycles. The van der Waals surface area contributed by atoms with E-state index in [9.17, 15) is 4.79 Å². The number of allylic oxidation sites excluding steroid dienone is 1. The molecule has 2 heteroatoms. The van der Waals surface area contributed by atoms with Crippen LogP contribution in [0.15, 0.2) is 42.5 Å². The van der Waals surface area contributed by atoms with Gasteiger partial charge in [-0.05, 0) is 18.9 Å². The van der Waals surface area contributed by atoms with Crippen molar-refractivity contribution < 1.29 is 9.53 Å². The van der Waals surface area contributed by atoms with Crippen LogP contribution >= 0.6 is 0 Å². The SMILES string of the molecule is CCOC(=O)CC=CCc1ccccc1. The normalized spacial score (nSPS) is 10.5. The van der Waals surface area contributed by atoms with Crippen molar-refractivity contribution in [2.24, 2.45) is 0 Å². The lowest BCUT2D eigenvalue weighted by Gasteiger charge is -1.97. The van der Waals surface area contributed by atoms with Gasteiger partial charge in [-0.1, -0.05) is 42.5 Å². The predicted molar refractivity (Wildman–Crippen MR) is 60.5 cm³/mol. The summed E-state index contributed by atoms with van der Waals surface area (Å²) < 4.78 is 4.80. The van der Waals surface area contributed by atoms with Gasteiger partial charge in [0, 0.05) is 0 Å². The van der Waals surface area contributed by atoms with Crippen LogP contribution in [0.4, 0.5) is 0 Å². The van der Waals surface area contributed by atoms with Crippen molar-refractivity contribution in [3.63, 3.8) is 0 Å². The first kappa shape index (κ1) is 11.5. The van der Waals surface area contributed by atoms with E-state index in [0.717, 1.165) is 6.42 Å². The molecule has 1 aromatic carbocycles. The molecule has 1 rings (SSSR count). The van der Waals surface area contributed by atoms with Gasteiger partial charge in [0.2, 0.25) is 0 Å². The number of benzene rings is 1. The topological polar surface area (TPSA) is 26.3 Å². The van der Waals surface area contributed by atoms with E-state index in [-0.39, 0.29) is 5.97 Å². The van der Waals surface area contributed by atoms with Gasteiger partial charge >= 0.3 is 5.97 Å². The maximum Gasteiger partial charge on any atom is 0.309 e. The Morgan fingerprint density at radius 1 is 1.27 bits per heavy atom. The van der Waals surface area contributed by atoms with Gasteiger partial charge < -0.3 is 4.74 Å². The van der Waals surface area contributed by atoms with Crippen LogP contribution in [0.1, 0.15) is 18.9 Å². The van der Waals surface area contributed by atoms with Crippen LogP contribution in [0.25, 0.3) is 0 Å². The number of rotatable bonds is 5. The second kappa shape index (κ2) is 6.82. The third-order valence-corrected chi connectivity index (χ3v) is 1.95. The van der Waals surface area contributed by atoms with E-state index in [2.05, 4.69) is 12.1 Å². The number of ether oxygens (including phenoxy) is 1. The Labute approximate surface area is 90.6 Å². The van der Waals surface area contributed by atoms with Crippen LogP contribution in [0.2, 0.25) is 0 Å². The number of hydrogen-bond acceptors (Lipinski definition) is 2. The van der Waals surface area contributed by atoms with Crippen molar-refractivity contribution in [3.8, 4) is 0 Å². The lowest BCUT2D eigenvalue weighted by atomic mass is 10.1. The van der Waals surface area contributed by atoms with Crippen LogP contribution < -0.4 is 0 Å². The van der Waals surface area contributed by atoms with E-state index < -0.39 is 0 Å². The van der Waals surface area contributed by atoms with Gasteiger partial charge in [-0.3, -0.25) is 4.79 Å². The molecule has 0 fully saturated rings. The summed E-state index contributed by atoms with van der Waals surface area (Å²) in [6.07, 6.45) is 5.07. The second-order valence-corrected chi connectivity index (χ2v) is 3.17. The van der Waals surface area contributed by atoms with Gasteiger partial charge in [0.1, 0.15) is 0 Å². The first-order chi connectivity index (χ1) is 7.33. The first-order valence-electron chi connectivity index (χ1n) is 5.17. The van der Waals surface area contributed by atoms with Gasteiger partial charge in [-0.15, -0.1) is 0 Å². The molecule has 2 nitrogen and oxygen atoms in total. The molecule has 0 spiro atoms. The number of hydrogen-bond donors (Lipinski definition) is 0. The summed E-state index contributed by atoms with van der Waals surface area (Å²) in [7, 11) is 0. The molecule has 15 heavy (non-hydrogen) atoms. The van der Waals surface area contributed by atoms with E-state index in [1.807, 2.05) is 37.3 Å². The molecular weight excluding hydrogens is 188 g/mol. The van der Waals surface area contributed by atoms with Gasteiger partial charge in [-0.25, -0.2) is 0 Å². The highest BCUT2D eigenvalue weighted by Crippen LogP contribution is 2.00. The van der Waals surface area contributed by atoms with Crippen LogP contribution in [0, 0.1) is 0 Å². The standard InChI is InChI=1S/C13H16O2/c1-2-15-13(14)11-7-6-10-12-8-4-3-5-9-12/h3-9H,2,10-11H2,1H3. The zero-order chi connectivity index (χ0) is 10.9. The Balaban J connectivity index is 2.26. The molecule has 0 aromatic heterocycles. The molecule has 80 valence electrons. The largest absolute Gasteiger partial charge is 0.466 e. The molecule has 0 aliphatic heterocycles. The highest BCUT2D eigenvalue weighted by atomic mass is 16.5. The Morgan fingerprint density at radius 3 is 2.67 bits per heavy atom. The summed E-state index contributed by atoms with van der Waals surface area (Å²) >= 11 is 0. The van der Waals surface area contributed by atoms with E-state index in [1.165, 1.54) is 5.56 Å². The van der Waals surface area contributed by atoms with Crippen molar-refractivity contribution in [3.05, 3.63) is 48.0 Å². The fraction of sp³-hybridized carbons (Fsp3) is 0.308. The average molecular weight is 204 g/mol. The second-order valence-electron chi connectivity index (χ2n) is 3.17. The zero-order valence-electron chi connectivity index (χ0n) is 8.98. The predicted octanol–water partition coefficient (Wildman–Crippen LogP) is 2.74. The van der Waals surface area contributed by atoms with Crippen LogP contribution in [0.3, 0.4) is 0 Å². The first-order valence-corrected chi connectivity index (χ1v) is 5.17. The summed E-state index contributed by atoms with van der Waals surface area (Å²) in [5.41, 5.74) is 1.25. The quantitative estimate of drug-likeness (QED) is 0.544. The summed E-state index contributed by atoms with van der Waals surface area (Å²) in [5.74, 6) is -0.165. The van der Waals surface area contributed by atoms with Crippen molar-refractivity contribution in [2.45, 2.75) is 19.8 Å². The molecular formula is C13H16O2. The number of esters is 1. The van der Waals surface area contributed by atoms with E-state index in [0.29, 0.717) is 13.0 Å². The highest BCUT2D eigenvalue weighted by molar-refractivity contribution is 5.71. The summed E-state index contributed by atoms with van der Waals surface area (Å²) in [4.78, 5) is 11.0. The van der Waals surface area contributed by atoms with Crippen molar-refractivity contribution in [1.29, 1.82) is 0 Å². The number of carbonyl (C=O) groups is 1. The van der Waals surface area contributed by atoms with E-state index >= 15 is 0 Å². The molecule has 0 unspecified atom stereocenters. The molecule has 0 aliphatic rings. The molecule has 0 bridgehead atoms. The third kappa shape index (κ3) is 5.01. The molecule has 0 radical (unpaired) electrons. The molecule has 0 amide bonds. The Kier molecular flexibility index (Phi) is 5.23. The van der Waals surface area contributed by atoms with Crippen LogP contribution in [-0.4, -0.2) is 12.6 Å². The molecule has 0 atom stereocenters. The smallest absolute Gasteiger partial charge is 0.309 e. The minimum Gasteiger partial charge on any atom is -0.466 e. The zero-order valence-corrected chi connectivity index (χ0v) is 8.98. The van der Waals surface area contributed by atoms with Gasteiger partial charge in [0.05, 0.1) is 13.0 Å². The van der Waals surface area contributed by atoms with Crippen LogP contribution in [0.5, 0.6) is 0 Å². The van der Waals surface area contributed by atoms with Crippen molar-refractivity contribution in [2.75, 3.05) is 6.61 Å². The van der Waals surface area contributed by atoms with Gasteiger partial charge in [-0.2, -0.15) is 0 Å². The summed E-state index contributed by atoms with van der Waals surface area (Å²) in [6.45, 7) is 2.26. The van der Waals surface area contributed by atoms with Gasteiger partial charge in [0.25, 0.3) is 0 Å². The molecule has 0 saturated carbocycles. The molecule has 1 aromatic rings. The van der Waals surface area contributed by atoms with Crippen molar-refractivity contribution >= 4 is 5.97 Å². The molecule has 0 N–H and O–H groups in total. The lowest BCUT2D eigenvalue weighted by Crippen LogP contribution is -2.01. The van der Waals surface area contributed by atoms with Crippen molar-refractivity contribution in [1.82, 2.24) is 0 Å². The maximum absolute atomic E-state index is 11.0. The minimum absolute atomic E-state index is 0.165. The molecule has 0 saturated heterocycles. The fourth-order valence-electron chi connectivity index (χ4n) is 1.23. The Hall–Kier alpha value is -1.57. The third-order valence-electron chi connectivity index (χ3n) is 1.95. The summed E-state index contributed by atoms with van der Waals surface area (Å²) in [5, 5.41) is 0. The monoisotopic (exact) mass is 204 g/mol. The summed E-state index contributed by atoms with van der Waals surface area (Å²) in [6, 6.07) is 10.1. The maximum atomic E-state index is 11.0. The highest BCUT2D eigenvalue weighted by Gasteiger charge is 1.95. The number of carbonyl (C=O) groups excluding carboxylic acids is 1. The Bertz CT molecular complexity index is 315. The fourth-order valence-corrected chi connectivity index (χ4v) is 1.23. The van der Waals surface area contributed by atoms with Crippen LogP contribution in [-0.2, 0) is 16.0 Å². The van der Waals surface area contributed by atoms with E-state index in [1.54, 1.807) is 0 Å². The minimum atomic E-state index is -0.165. The Morgan fingerprint density at radius 2 is 2.00 bits per heavy atom. The van der Waals surface area contributed by atoms with Gasteiger partial charge in [0.15, 0.2) is 0 Å². The average Bonchev–Trinajstić information content (AvgIpc) is 2.26. The lowest BCUT2D eigenvalue weighted by molar-refractivity contribution is -0.142. The van der Waals surface area contributed by atoms with E-state index in [4.69, 9.17) is 4.74 Å². The molecule has 0 aliphatic carbocycles.